The lowest BCUT2D eigenvalue weighted by Crippen LogP contribution is -2.45. The van der Waals surface area contributed by atoms with E-state index in [2.05, 4.69) is 20.2 Å². The summed E-state index contributed by atoms with van der Waals surface area (Å²) in [6.45, 7) is 3.53. The Morgan fingerprint density at radius 2 is 1.95 bits per heavy atom. The Bertz CT molecular complexity index is 1610. The largest absolute Gasteiger partial charge is 0.616 e. The van der Waals surface area contributed by atoms with Crippen LogP contribution in [0.25, 0.3) is 22.3 Å². The average molecular weight is 551 g/mol. The molecule has 38 heavy (non-hydrogen) atoms. The third-order valence-electron chi connectivity index (χ3n) is 6.27. The highest BCUT2D eigenvalue weighted by molar-refractivity contribution is 7.92. The van der Waals surface area contributed by atoms with E-state index in [1.807, 2.05) is 37.3 Å². The Balaban J connectivity index is 1.33. The fourth-order valence-electron chi connectivity index (χ4n) is 4.15. The predicted molar refractivity (Wildman–Crippen MR) is 146 cm³/mol. The maximum absolute atomic E-state index is 12.6. The summed E-state index contributed by atoms with van der Waals surface area (Å²) in [6.07, 6.45) is 5.28. The van der Waals surface area contributed by atoms with Crippen LogP contribution in [0.15, 0.2) is 66.0 Å². The SMILES string of the molecule is CC1CN(c2cccc(-c3ccc4cnc(CNC(=O)c5cncc(S(C)(=O)=O)c5)cc4n3)n2)CC[S+]1[O-]. The van der Waals surface area contributed by atoms with E-state index in [1.165, 1.54) is 18.5 Å². The Kier molecular flexibility index (Phi) is 7.28. The van der Waals surface area contributed by atoms with Gasteiger partial charge in [-0.2, -0.15) is 0 Å². The van der Waals surface area contributed by atoms with Crippen molar-refractivity contribution in [3.8, 4) is 11.4 Å². The van der Waals surface area contributed by atoms with Crippen LogP contribution >= 0.6 is 0 Å². The van der Waals surface area contributed by atoms with Gasteiger partial charge in [0.1, 0.15) is 16.8 Å². The fourth-order valence-corrected chi connectivity index (χ4v) is 5.89. The highest BCUT2D eigenvalue weighted by Crippen LogP contribution is 2.24. The van der Waals surface area contributed by atoms with Crippen molar-refractivity contribution in [2.45, 2.75) is 23.6 Å². The topological polar surface area (TPSA) is 141 Å². The molecule has 0 aromatic carbocycles. The number of nitrogens with one attached hydrogen (secondary N) is 1. The Morgan fingerprint density at radius 1 is 1.13 bits per heavy atom. The molecule has 5 rings (SSSR count). The summed E-state index contributed by atoms with van der Waals surface area (Å²) in [7, 11) is -3.47. The normalized spacial score (nSPS) is 17.9. The number of hydrogen-bond acceptors (Lipinski definition) is 9. The average Bonchev–Trinajstić information content (AvgIpc) is 2.92. The number of fused-ring (bicyclic) bond motifs is 1. The van der Waals surface area contributed by atoms with Crippen LogP contribution < -0.4 is 10.2 Å². The van der Waals surface area contributed by atoms with Crippen LogP contribution in [0.4, 0.5) is 5.82 Å². The minimum absolute atomic E-state index is 0.0202. The molecular weight excluding hydrogens is 524 g/mol. The van der Waals surface area contributed by atoms with Crippen molar-refractivity contribution in [1.82, 2.24) is 25.3 Å². The summed E-state index contributed by atoms with van der Waals surface area (Å²) in [5.41, 5.74) is 2.89. The van der Waals surface area contributed by atoms with Crippen LogP contribution in [0.2, 0.25) is 0 Å². The maximum atomic E-state index is 12.6. The van der Waals surface area contributed by atoms with Gasteiger partial charge < -0.3 is 14.8 Å². The molecule has 1 N–H and O–H groups in total. The van der Waals surface area contributed by atoms with Gasteiger partial charge in [-0.15, -0.1) is 0 Å². The highest BCUT2D eigenvalue weighted by Gasteiger charge is 2.28. The highest BCUT2D eigenvalue weighted by atomic mass is 32.2. The van der Waals surface area contributed by atoms with Gasteiger partial charge in [0.05, 0.1) is 52.7 Å². The third-order valence-corrected chi connectivity index (χ3v) is 8.98. The summed E-state index contributed by atoms with van der Waals surface area (Å²) in [5, 5.41) is 3.69. The zero-order valence-corrected chi connectivity index (χ0v) is 22.5. The second-order valence-electron chi connectivity index (χ2n) is 9.15. The smallest absolute Gasteiger partial charge is 0.253 e. The van der Waals surface area contributed by atoms with Gasteiger partial charge in [0.15, 0.2) is 9.84 Å². The Hall–Kier alpha value is -3.61. The second-order valence-corrected chi connectivity index (χ2v) is 13.1. The molecule has 0 saturated carbocycles. The summed E-state index contributed by atoms with van der Waals surface area (Å²) < 4.78 is 35.5. The second kappa shape index (κ2) is 10.6. The molecule has 4 aromatic heterocycles. The Morgan fingerprint density at radius 3 is 2.74 bits per heavy atom. The van der Waals surface area contributed by atoms with E-state index in [9.17, 15) is 17.8 Å². The van der Waals surface area contributed by atoms with E-state index in [1.54, 1.807) is 12.3 Å². The third kappa shape index (κ3) is 5.77. The van der Waals surface area contributed by atoms with Gasteiger partial charge in [0, 0.05) is 30.2 Å². The lowest BCUT2D eigenvalue weighted by Gasteiger charge is -2.33. The van der Waals surface area contributed by atoms with Crippen molar-refractivity contribution in [3.05, 3.63) is 72.3 Å². The standard InChI is InChI=1S/C26H26N6O4S2/c1-17-16-32(8-9-37(17)34)25-5-3-4-22(31-25)23-7-6-18-13-28-20(11-24(18)30-23)14-29-26(33)19-10-21(15-27-12-19)38(2,35)36/h3-7,10-13,15,17H,8-9,14,16H2,1-2H3,(H,29,33). The van der Waals surface area contributed by atoms with Crippen LogP contribution in [-0.4, -0.2) is 69.2 Å². The molecule has 196 valence electrons. The van der Waals surface area contributed by atoms with Crippen LogP contribution in [0, 0.1) is 0 Å². The molecule has 5 heterocycles. The summed E-state index contributed by atoms with van der Waals surface area (Å²) in [6, 6.07) is 12.7. The molecule has 1 amide bonds. The van der Waals surface area contributed by atoms with Crippen LogP contribution in [0.1, 0.15) is 23.0 Å². The number of hydrogen-bond donors (Lipinski definition) is 1. The first-order chi connectivity index (χ1) is 18.2. The molecule has 10 nitrogen and oxygen atoms in total. The lowest BCUT2D eigenvalue weighted by atomic mass is 10.2. The van der Waals surface area contributed by atoms with E-state index in [0.29, 0.717) is 35.7 Å². The van der Waals surface area contributed by atoms with Gasteiger partial charge >= 0.3 is 0 Å². The number of carbonyl (C=O) groups excluding carboxylic acids is 1. The van der Waals surface area contributed by atoms with Gasteiger partial charge in [-0.05, 0) is 54.5 Å². The van der Waals surface area contributed by atoms with Gasteiger partial charge in [0.2, 0.25) is 0 Å². The van der Waals surface area contributed by atoms with Gasteiger partial charge in [-0.25, -0.2) is 18.4 Å². The van der Waals surface area contributed by atoms with Gasteiger partial charge in [0.25, 0.3) is 5.91 Å². The molecule has 0 radical (unpaired) electrons. The predicted octanol–water partition coefficient (Wildman–Crippen LogP) is 2.38. The van der Waals surface area contributed by atoms with Gasteiger partial charge in [-0.1, -0.05) is 6.07 Å². The molecule has 4 aromatic rings. The number of aromatic nitrogens is 4. The van der Waals surface area contributed by atoms with Crippen molar-refractivity contribution in [2.75, 3.05) is 30.0 Å². The molecule has 0 bridgehead atoms. The van der Waals surface area contributed by atoms with E-state index in [0.717, 1.165) is 23.2 Å². The molecule has 2 atom stereocenters. The first-order valence-corrected chi connectivity index (χ1v) is 15.2. The molecule has 2 unspecified atom stereocenters. The van der Waals surface area contributed by atoms with Crippen molar-refractivity contribution in [2.24, 2.45) is 0 Å². The van der Waals surface area contributed by atoms with E-state index < -0.39 is 26.9 Å². The fraction of sp³-hybridized carbons (Fsp3) is 0.269. The summed E-state index contributed by atoms with van der Waals surface area (Å²) in [4.78, 5) is 32.6. The molecule has 1 fully saturated rings. The molecule has 1 saturated heterocycles. The first-order valence-electron chi connectivity index (χ1n) is 12.0. The first kappa shape index (κ1) is 26.0. The minimum atomic E-state index is -3.47. The number of rotatable bonds is 6. The van der Waals surface area contributed by atoms with Crippen LogP contribution in [0.3, 0.4) is 0 Å². The van der Waals surface area contributed by atoms with E-state index in [-0.39, 0.29) is 22.3 Å². The van der Waals surface area contributed by atoms with Crippen molar-refractivity contribution in [1.29, 1.82) is 0 Å². The van der Waals surface area contributed by atoms with Gasteiger partial charge in [-0.3, -0.25) is 14.8 Å². The maximum Gasteiger partial charge on any atom is 0.253 e. The van der Waals surface area contributed by atoms with Crippen LogP contribution in [-0.2, 0) is 27.6 Å². The minimum Gasteiger partial charge on any atom is -0.616 e. The van der Waals surface area contributed by atoms with E-state index in [4.69, 9.17) is 9.97 Å². The molecule has 0 aliphatic carbocycles. The molecule has 0 spiro atoms. The lowest BCUT2D eigenvalue weighted by molar-refractivity contribution is 0.0950. The molecular formula is C26H26N6O4S2. The number of amides is 1. The summed E-state index contributed by atoms with van der Waals surface area (Å²) in [5.74, 6) is 1.01. The number of pyridine rings is 4. The van der Waals surface area contributed by atoms with Crippen molar-refractivity contribution in [3.63, 3.8) is 0 Å². The number of sulfone groups is 1. The van der Waals surface area contributed by atoms with Crippen LogP contribution in [0.5, 0.6) is 0 Å². The number of anilines is 1. The van der Waals surface area contributed by atoms with Crippen molar-refractivity contribution < 1.29 is 17.8 Å². The molecule has 1 aliphatic rings. The van der Waals surface area contributed by atoms with E-state index >= 15 is 0 Å². The quantitative estimate of drug-likeness (QED) is 0.358. The monoisotopic (exact) mass is 550 g/mol. The zero-order chi connectivity index (χ0) is 26.9. The summed E-state index contributed by atoms with van der Waals surface area (Å²) >= 11 is -0.801. The molecule has 12 heteroatoms. The number of nitrogens with zero attached hydrogens (tertiary/aromatic N) is 5. The number of carbonyl (C=O) groups is 1. The van der Waals surface area contributed by atoms with Crippen molar-refractivity contribution >= 4 is 43.6 Å². The molecule has 1 aliphatic heterocycles. The zero-order valence-electron chi connectivity index (χ0n) is 20.9. The Labute approximate surface area is 223 Å².